The normalized spacial score (nSPS) is 11.3. The maximum atomic E-state index is 12.2. The van der Waals surface area contributed by atoms with Crippen LogP contribution in [0.4, 0.5) is 0 Å². The Morgan fingerprint density at radius 1 is 1.29 bits per heavy atom. The van der Waals surface area contributed by atoms with Gasteiger partial charge in [-0.05, 0) is 38.6 Å². The van der Waals surface area contributed by atoms with Gasteiger partial charge in [-0.3, -0.25) is 9.69 Å². The largest absolute Gasteiger partial charge is 0.326 e. The molecule has 0 saturated heterocycles. The summed E-state index contributed by atoms with van der Waals surface area (Å²) in [5.74, 6) is -0.107. The van der Waals surface area contributed by atoms with E-state index in [1.54, 1.807) is 33.0 Å². The Morgan fingerprint density at radius 3 is 2.43 bits per heavy atom. The van der Waals surface area contributed by atoms with Gasteiger partial charge in [0.25, 0.3) is 0 Å². The lowest BCUT2D eigenvalue weighted by Crippen LogP contribution is -2.47. The molecule has 1 amide bonds. The third-order valence-corrected chi connectivity index (χ3v) is 4.07. The van der Waals surface area contributed by atoms with Crippen molar-refractivity contribution in [1.29, 1.82) is 5.26 Å². The molecule has 0 heterocycles. The van der Waals surface area contributed by atoms with Crippen LogP contribution in [-0.2, 0) is 11.3 Å². The number of likely N-dealkylation sites (N-methyl/N-ethyl adjacent to an activating group) is 2. The molecule has 0 atom stereocenters. The van der Waals surface area contributed by atoms with E-state index in [0.29, 0.717) is 16.6 Å². The minimum atomic E-state index is -0.818. The second-order valence-corrected chi connectivity index (χ2v) is 6.36. The van der Waals surface area contributed by atoms with Gasteiger partial charge in [0.2, 0.25) is 5.91 Å². The molecule has 0 aliphatic rings. The van der Waals surface area contributed by atoms with Crippen molar-refractivity contribution in [3.05, 3.63) is 33.8 Å². The van der Waals surface area contributed by atoms with Crippen molar-refractivity contribution in [2.24, 2.45) is 0 Å². The number of carbonyl (C=O) groups is 1. The molecule has 1 aromatic carbocycles. The molecule has 0 spiro atoms. The fourth-order valence-corrected chi connectivity index (χ4v) is 2.05. The average molecular weight is 328 g/mol. The molecule has 0 saturated carbocycles. The number of amides is 1. The summed E-state index contributed by atoms with van der Waals surface area (Å²) < 4.78 is 0. The maximum Gasteiger partial charge on any atom is 0.237 e. The molecule has 0 aliphatic heterocycles. The molecule has 114 valence electrons. The highest BCUT2D eigenvalue weighted by Gasteiger charge is 2.27. The molecular weight excluding hydrogens is 309 g/mol. The molecule has 4 nitrogen and oxygen atoms in total. The van der Waals surface area contributed by atoms with Gasteiger partial charge in [0.1, 0.15) is 5.54 Å². The van der Waals surface area contributed by atoms with Crippen LogP contribution in [0.2, 0.25) is 10.0 Å². The lowest BCUT2D eigenvalue weighted by molar-refractivity contribution is -0.134. The molecule has 0 radical (unpaired) electrons. The second kappa shape index (κ2) is 7.13. The quantitative estimate of drug-likeness (QED) is 0.834. The van der Waals surface area contributed by atoms with Crippen LogP contribution in [0.1, 0.15) is 19.4 Å². The number of hydrogen-bond donors (Lipinski definition) is 0. The van der Waals surface area contributed by atoms with Crippen LogP contribution < -0.4 is 0 Å². The smallest absolute Gasteiger partial charge is 0.237 e. The van der Waals surface area contributed by atoms with E-state index in [-0.39, 0.29) is 12.5 Å². The van der Waals surface area contributed by atoms with Gasteiger partial charge in [-0.25, -0.2) is 0 Å². The average Bonchev–Trinajstić information content (AvgIpc) is 2.41. The number of hydrogen-bond acceptors (Lipinski definition) is 3. The fourth-order valence-electron chi connectivity index (χ4n) is 1.73. The van der Waals surface area contributed by atoms with Gasteiger partial charge in [-0.15, -0.1) is 0 Å². The number of nitrogens with zero attached hydrogens (tertiary/aromatic N) is 3. The monoisotopic (exact) mass is 327 g/mol. The van der Waals surface area contributed by atoms with Crippen LogP contribution in [0.25, 0.3) is 0 Å². The molecule has 0 aromatic heterocycles. The third kappa shape index (κ3) is 4.89. The summed E-state index contributed by atoms with van der Waals surface area (Å²) >= 11 is 11.8. The van der Waals surface area contributed by atoms with Crippen molar-refractivity contribution in [2.75, 3.05) is 20.6 Å². The van der Waals surface area contributed by atoms with Crippen molar-refractivity contribution in [2.45, 2.75) is 25.9 Å². The van der Waals surface area contributed by atoms with E-state index in [2.05, 4.69) is 6.07 Å². The number of nitriles is 1. The van der Waals surface area contributed by atoms with Crippen LogP contribution in [0, 0.1) is 11.3 Å². The van der Waals surface area contributed by atoms with Gasteiger partial charge in [-0.1, -0.05) is 29.3 Å². The van der Waals surface area contributed by atoms with E-state index in [0.717, 1.165) is 5.56 Å². The van der Waals surface area contributed by atoms with Crippen LogP contribution in [0.3, 0.4) is 0 Å². The van der Waals surface area contributed by atoms with Crippen LogP contribution in [0.5, 0.6) is 0 Å². The number of carbonyl (C=O) groups excluding carboxylic acids is 1. The zero-order valence-electron chi connectivity index (χ0n) is 12.7. The van der Waals surface area contributed by atoms with Gasteiger partial charge >= 0.3 is 0 Å². The Morgan fingerprint density at radius 2 is 1.90 bits per heavy atom. The Bertz CT molecular complexity index is 567. The van der Waals surface area contributed by atoms with E-state index in [9.17, 15) is 4.79 Å². The molecule has 0 bridgehead atoms. The van der Waals surface area contributed by atoms with Crippen molar-refractivity contribution in [3.8, 4) is 6.07 Å². The Labute approximate surface area is 135 Å². The Kier molecular flexibility index (Phi) is 6.03. The van der Waals surface area contributed by atoms with Crippen molar-refractivity contribution >= 4 is 29.1 Å². The minimum absolute atomic E-state index is 0.107. The Hall–Kier alpha value is -1.28. The van der Waals surface area contributed by atoms with E-state index in [1.807, 2.05) is 18.0 Å². The first-order valence-corrected chi connectivity index (χ1v) is 7.23. The maximum absolute atomic E-state index is 12.2. The number of halogens is 2. The predicted molar refractivity (Wildman–Crippen MR) is 85.3 cm³/mol. The first-order valence-electron chi connectivity index (χ1n) is 6.47. The SMILES string of the molecule is CN(CC(=O)N(C)C(C)(C)C#N)Cc1ccc(Cl)c(Cl)c1. The van der Waals surface area contributed by atoms with E-state index >= 15 is 0 Å². The number of rotatable bonds is 5. The van der Waals surface area contributed by atoms with Crippen molar-refractivity contribution in [3.63, 3.8) is 0 Å². The summed E-state index contributed by atoms with van der Waals surface area (Å²) in [7, 11) is 3.48. The van der Waals surface area contributed by atoms with E-state index in [1.165, 1.54) is 4.90 Å². The van der Waals surface area contributed by atoms with Crippen LogP contribution in [0.15, 0.2) is 18.2 Å². The molecule has 0 N–H and O–H groups in total. The van der Waals surface area contributed by atoms with Crippen molar-refractivity contribution < 1.29 is 4.79 Å². The first kappa shape index (κ1) is 17.8. The molecule has 0 unspecified atom stereocenters. The van der Waals surface area contributed by atoms with Gasteiger partial charge in [0, 0.05) is 13.6 Å². The summed E-state index contributed by atoms with van der Waals surface area (Å²) in [6.45, 7) is 4.22. The van der Waals surface area contributed by atoms with E-state index < -0.39 is 5.54 Å². The van der Waals surface area contributed by atoms with Crippen LogP contribution >= 0.6 is 23.2 Å². The predicted octanol–water partition coefficient (Wildman–Crippen LogP) is 3.19. The topological polar surface area (TPSA) is 47.3 Å². The molecule has 1 rings (SSSR count). The zero-order chi connectivity index (χ0) is 16.2. The second-order valence-electron chi connectivity index (χ2n) is 5.54. The van der Waals surface area contributed by atoms with Gasteiger partial charge in [0.05, 0.1) is 22.7 Å². The van der Waals surface area contributed by atoms with Gasteiger partial charge in [-0.2, -0.15) is 5.26 Å². The number of benzene rings is 1. The third-order valence-electron chi connectivity index (χ3n) is 3.33. The molecule has 21 heavy (non-hydrogen) atoms. The summed E-state index contributed by atoms with van der Waals surface area (Å²) in [6.07, 6.45) is 0. The Balaban J connectivity index is 2.65. The zero-order valence-corrected chi connectivity index (χ0v) is 14.2. The van der Waals surface area contributed by atoms with Gasteiger partial charge < -0.3 is 4.90 Å². The molecular formula is C15H19Cl2N3O. The van der Waals surface area contributed by atoms with Crippen LogP contribution in [-0.4, -0.2) is 41.9 Å². The fraction of sp³-hybridized carbons (Fsp3) is 0.467. The summed E-state index contributed by atoms with van der Waals surface area (Å²) in [6, 6.07) is 7.51. The molecule has 0 fully saturated rings. The minimum Gasteiger partial charge on any atom is -0.326 e. The van der Waals surface area contributed by atoms with E-state index in [4.69, 9.17) is 28.5 Å². The first-order chi connectivity index (χ1) is 9.67. The standard InChI is InChI=1S/C15H19Cl2N3O/c1-15(2,10-18)20(4)14(21)9-19(3)8-11-5-6-12(16)13(17)7-11/h5-7H,8-9H2,1-4H3. The highest BCUT2D eigenvalue weighted by Crippen LogP contribution is 2.23. The highest BCUT2D eigenvalue weighted by molar-refractivity contribution is 6.42. The summed E-state index contributed by atoms with van der Waals surface area (Å²) in [4.78, 5) is 15.5. The highest BCUT2D eigenvalue weighted by atomic mass is 35.5. The molecule has 0 aliphatic carbocycles. The lowest BCUT2D eigenvalue weighted by atomic mass is 10.1. The summed E-state index contributed by atoms with van der Waals surface area (Å²) in [5, 5.41) is 10.1. The van der Waals surface area contributed by atoms with Gasteiger partial charge in [0.15, 0.2) is 0 Å². The lowest BCUT2D eigenvalue weighted by Gasteiger charge is -2.30. The van der Waals surface area contributed by atoms with Crippen molar-refractivity contribution in [1.82, 2.24) is 9.80 Å². The molecule has 6 heteroatoms. The summed E-state index contributed by atoms with van der Waals surface area (Å²) in [5.41, 5.74) is 0.156. The molecule has 1 aromatic rings.